The third-order valence-electron chi connectivity index (χ3n) is 4.31. The number of fused-ring (bicyclic) bond motifs is 1. The summed E-state index contributed by atoms with van der Waals surface area (Å²) in [4.78, 5) is 32.1. The summed E-state index contributed by atoms with van der Waals surface area (Å²) in [6.07, 6.45) is -6.05. The van der Waals surface area contributed by atoms with Crippen LogP contribution in [0.25, 0.3) is 11.0 Å². The molecule has 0 aliphatic carbocycles. The second-order valence-corrected chi connectivity index (χ2v) is 7.42. The van der Waals surface area contributed by atoms with E-state index in [1.54, 1.807) is 0 Å². The van der Waals surface area contributed by atoms with Crippen LogP contribution in [0.3, 0.4) is 0 Å². The Bertz CT molecular complexity index is 1240. The van der Waals surface area contributed by atoms with Crippen LogP contribution in [0.15, 0.2) is 36.4 Å². The molecule has 3 aromatic rings. The van der Waals surface area contributed by atoms with Gasteiger partial charge in [-0.1, -0.05) is 35.3 Å². The van der Waals surface area contributed by atoms with Crippen LogP contribution in [0.4, 0.5) is 23.7 Å². The first-order valence-corrected chi connectivity index (χ1v) is 10.3. The highest BCUT2D eigenvalue weighted by Gasteiger charge is 2.38. The lowest BCUT2D eigenvalue weighted by atomic mass is 10.2. The lowest BCUT2D eigenvalue weighted by Gasteiger charge is -2.13. The van der Waals surface area contributed by atoms with Crippen LogP contribution < -0.4 is 10.8 Å². The first-order valence-electron chi connectivity index (χ1n) is 9.51. The van der Waals surface area contributed by atoms with E-state index in [4.69, 9.17) is 28.6 Å². The number of nitrogens with zero attached hydrogens (tertiary/aromatic N) is 2. The van der Waals surface area contributed by atoms with Gasteiger partial charge in [0, 0.05) is 0 Å². The van der Waals surface area contributed by atoms with Crippen molar-refractivity contribution in [2.24, 2.45) is 0 Å². The number of hydroxylamine groups is 1. The van der Waals surface area contributed by atoms with Gasteiger partial charge in [-0.15, -0.1) is 0 Å². The van der Waals surface area contributed by atoms with Crippen molar-refractivity contribution < 1.29 is 32.3 Å². The Morgan fingerprint density at radius 3 is 2.41 bits per heavy atom. The zero-order valence-corrected chi connectivity index (χ0v) is 18.8. The summed E-state index contributed by atoms with van der Waals surface area (Å²) in [5.41, 5.74) is 1.60. The molecule has 9 nitrogen and oxygen atoms in total. The van der Waals surface area contributed by atoms with E-state index in [1.807, 2.05) is 5.48 Å². The molecule has 3 N–H and O–H groups in total. The Hall–Kier alpha value is -3.51. The minimum Gasteiger partial charge on any atom is -0.433 e. The van der Waals surface area contributed by atoms with Gasteiger partial charge < -0.3 is 19.5 Å². The minimum absolute atomic E-state index is 0.00608. The fourth-order valence-electron chi connectivity index (χ4n) is 2.96. The summed E-state index contributed by atoms with van der Waals surface area (Å²) >= 11 is 12.1. The van der Waals surface area contributed by atoms with Crippen LogP contribution >= 0.6 is 23.2 Å². The molecular formula is C20H16Cl2F3N5O4. The Balaban J connectivity index is 1.96. The van der Waals surface area contributed by atoms with Crippen molar-refractivity contribution in [1.82, 2.24) is 15.0 Å². The molecule has 0 saturated carbocycles. The zero-order chi connectivity index (χ0) is 25.0. The van der Waals surface area contributed by atoms with Crippen LogP contribution in [0.1, 0.15) is 23.1 Å². The van der Waals surface area contributed by atoms with E-state index in [9.17, 15) is 22.8 Å². The highest BCUT2D eigenvalue weighted by molar-refractivity contribution is 6.40. The fraction of sp³-hybridized carbons (Fsp3) is 0.200. The van der Waals surface area contributed by atoms with Crippen LogP contribution in [-0.2, 0) is 22.3 Å². The maximum atomic E-state index is 13.7. The van der Waals surface area contributed by atoms with Gasteiger partial charge in [0.2, 0.25) is 5.82 Å². The van der Waals surface area contributed by atoms with E-state index >= 15 is 0 Å². The summed E-state index contributed by atoms with van der Waals surface area (Å²) in [6.45, 7) is 0.848. The van der Waals surface area contributed by atoms with Crippen molar-refractivity contribution in [2.75, 3.05) is 11.9 Å². The number of carbonyl (C=O) groups is 2. The molecular weight excluding hydrogens is 502 g/mol. The van der Waals surface area contributed by atoms with E-state index < -0.39 is 36.4 Å². The number of aromatic nitrogens is 2. The average Bonchev–Trinajstić information content (AvgIpc) is 3.12. The highest BCUT2D eigenvalue weighted by atomic mass is 35.5. The smallest absolute Gasteiger partial charge is 0.433 e. The van der Waals surface area contributed by atoms with Gasteiger partial charge in [-0.05, 0) is 31.2 Å². The molecule has 0 aliphatic rings. The van der Waals surface area contributed by atoms with Crippen LogP contribution in [0.2, 0.25) is 10.0 Å². The molecule has 0 aliphatic heterocycles. The number of imidazole rings is 1. The number of rotatable bonds is 5. The van der Waals surface area contributed by atoms with Crippen molar-refractivity contribution >= 4 is 57.8 Å². The van der Waals surface area contributed by atoms with Crippen molar-refractivity contribution in [3.05, 3.63) is 57.8 Å². The Morgan fingerprint density at radius 2 is 1.79 bits per heavy atom. The fourth-order valence-corrected chi connectivity index (χ4v) is 3.53. The molecule has 2 aromatic carbocycles. The number of hydrogen-bond acceptors (Lipinski definition) is 6. The predicted octanol–water partition coefficient (Wildman–Crippen LogP) is 5.27. The second kappa shape index (κ2) is 10.2. The number of hydrogen-bond donors (Lipinski definition) is 3. The van der Waals surface area contributed by atoms with Crippen molar-refractivity contribution in [3.63, 3.8) is 0 Å². The standard InChI is InChI=1S/C20H16Cl2F3N5O4/c1-2-33-19(32)34-29-14(26)9-30-13-8-4-7-12(16(13)28-18(30)20(23,24)25)27-17(31)15-10(21)5-3-6-11(15)22/h3-8H,2,9H2,1H3,(H2,26,29)(H,27,31). The van der Waals surface area contributed by atoms with Crippen molar-refractivity contribution in [1.29, 1.82) is 5.41 Å². The summed E-state index contributed by atoms with van der Waals surface area (Å²) in [5, 5.41) is 10.4. The van der Waals surface area contributed by atoms with Gasteiger partial charge >= 0.3 is 12.3 Å². The molecule has 1 heterocycles. The maximum Gasteiger partial charge on any atom is 0.533 e. The number of amidine groups is 1. The van der Waals surface area contributed by atoms with Gasteiger partial charge in [-0.3, -0.25) is 10.2 Å². The molecule has 34 heavy (non-hydrogen) atoms. The molecule has 1 amide bonds. The monoisotopic (exact) mass is 517 g/mol. The molecule has 180 valence electrons. The average molecular weight is 518 g/mol. The molecule has 0 unspecified atom stereocenters. The first-order chi connectivity index (χ1) is 16.0. The lowest BCUT2D eigenvalue weighted by Crippen LogP contribution is -2.31. The van der Waals surface area contributed by atoms with Gasteiger partial charge in [0.05, 0.1) is 40.0 Å². The number of nitrogens with one attached hydrogen (secondary N) is 3. The molecule has 14 heteroatoms. The predicted molar refractivity (Wildman–Crippen MR) is 118 cm³/mol. The molecule has 3 rings (SSSR count). The highest BCUT2D eigenvalue weighted by Crippen LogP contribution is 2.34. The minimum atomic E-state index is -4.89. The summed E-state index contributed by atoms with van der Waals surface area (Å²) < 4.78 is 46.3. The van der Waals surface area contributed by atoms with Crippen molar-refractivity contribution in [2.45, 2.75) is 19.6 Å². The molecule has 0 atom stereocenters. The van der Waals surface area contributed by atoms with E-state index in [2.05, 4.69) is 19.9 Å². The van der Waals surface area contributed by atoms with E-state index in [-0.39, 0.29) is 38.9 Å². The van der Waals surface area contributed by atoms with Crippen LogP contribution in [-0.4, -0.2) is 34.1 Å². The maximum absolute atomic E-state index is 13.7. The molecule has 0 bridgehead atoms. The molecule has 0 spiro atoms. The van der Waals surface area contributed by atoms with Crippen LogP contribution in [0.5, 0.6) is 0 Å². The first kappa shape index (κ1) is 25.1. The summed E-state index contributed by atoms with van der Waals surface area (Å²) in [6, 6.07) is 8.50. The molecule has 0 fully saturated rings. The topological polar surface area (TPSA) is 118 Å². The lowest BCUT2D eigenvalue weighted by molar-refractivity contribution is -0.146. The Morgan fingerprint density at radius 1 is 1.15 bits per heavy atom. The Labute approximate surface area is 200 Å². The summed E-state index contributed by atoms with van der Waals surface area (Å²) in [5.74, 6) is -2.67. The van der Waals surface area contributed by atoms with Gasteiger partial charge in [0.15, 0.2) is 0 Å². The number of anilines is 1. The van der Waals surface area contributed by atoms with E-state index in [0.717, 1.165) is 0 Å². The van der Waals surface area contributed by atoms with Crippen molar-refractivity contribution in [3.8, 4) is 0 Å². The third-order valence-corrected chi connectivity index (χ3v) is 4.94. The summed E-state index contributed by atoms with van der Waals surface area (Å²) in [7, 11) is 0. The molecule has 0 radical (unpaired) electrons. The molecule has 0 saturated heterocycles. The number of para-hydroxylation sites is 1. The quantitative estimate of drug-likeness (QED) is 0.183. The van der Waals surface area contributed by atoms with Gasteiger partial charge in [-0.25, -0.2) is 15.3 Å². The van der Waals surface area contributed by atoms with Gasteiger partial charge in [0.1, 0.15) is 11.4 Å². The van der Waals surface area contributed by atoms with Crippen LogP contribution in [0, 0.1) is 5.41 Å². The second-order valence-electron chi connectivity index (χ2n) is 6.61. The SMILES string of the molecule is CCOC(=O)ONC(=N)Cn1c(C(F)(F)F)nc2c(NC(=O)c3c(Cl)cccc3Cl)cccc21. The zero-order valence-electron chi connectivity index (χ0n) is 17.3. The number of alkyl halides is 3. The third kappa shape index (κ3) is 5.51. The number of carbonyl (C=O) groups excluding carboxylic acids is 2. The van der Waals surface area contributed by atoms with Gasteiger partial charge in [-0.2, -0.15) is 13.2 Å². The normalized spacial score (nSPS) is 11.2. The largest absolute Gasteiger partial charge is 0.533 e. The van der Waals surface area contributed by atoms with Gasteiger partial charge in [0.25, 0.3) is 5.91 Å². The molecule has 1 aromatic heterocycles. The van der Waals surface area contributed by atoms with E-state index in [0.29, 0.717) is 4.57 Å². The Kier molecular flexibility index (Phi) is 7.52. The number of benzene rings is 2. The van der Waals surface area contributed by atoms with E-state index in [1.165, 1.54) is 43.3 Å². The number of amides is 1. The number of halogens is 5. The number of ether oxygens (including phenoxy) is 1.